The molecule has 5 heteroatoms. The number of nitrogens with one attached hydrogen (secondary N) is 1. The quantitative estimate of drug-likeness (QED) is 0.747. The van der Waals surface area contributed by atoms with Crippen LogP contribution in [0.1, 0.15) is 27.2 Å². The predicted molar refractivity (Wildman–Crippen MR) is 61.7 cm³/mol. The van der Waals surface area contributed by atoms with Crippen LogP contribution in [0.3, 0.4) is 0 Å². The molecule has 1 rings (SSSR count). The van der Waals surface area contributed by atoms with Gasteiger partial charge in [-0.2, -0.15) is 0 Å². The largest absolute Gasteiger partial charge is 0.465 e. The normalized spacial score (nSPS) is 26.5. The Morgan fingerprint density at radius 2 is 2.12 bits per heavy atom. The number of hydrogen-bond donors (Lipinski definition) is 2. The first-order valence-corrected chi connectivity index (χ1v) is 5.63. The Labute approximate surface area is 96.8 Å². The smallest absolute Gasteiger partial charge is 0.408 e. The summed E-state index contributed by atoms with van der Waals surface area (Å²) in [5, 5.41) is 12.5. The van der Waals surface area contributed by atoms with Crippen LogP contribution in [0, 0.1) is 0 Å². The van der Waals surface area contributed by atoms with Crippen molar-refractivity contribution < 1.29 is 14.6 Å². The van der Waals surface area contributed by atoms with Gasteiger partial charge in [-0.3, -0.25) is 4.90 Å². The summed E-state index contributed by atoms with van der Waals surface area (Å²) in [4.78, 5) is 12.8. The van der Waals surface area contributed by atoms with Gasteiger partial charge in [-0.05, 0) is 33.7 Å². The molecule has 1 fully saturated rings. The van der Waals surface area contributed by atoms with Crippen molar-refractivity contribution in [1.29, 1.82) is 0 Å². The third-order valence-corrected chi connectivity index (χ3v) is 2.95. The zero-order valence-electron chi connectivity index (χ0n) is 10.5. The molecule has 1 saturated heterocycles. The second-order valence-electron chi connectivity index (χ2n) is 5.16. The molecule has 0 saturated carbocycles. The molecule has 0 bridgehead atoms. The lowest BCUT2D eigenvalue weighted by Gasteiger charge is -2.44. The van der Waals surface area contributed by atoms with Gasteiger partial charge in [0.1, 0.15) is 0 Å². The van der Waals surface area contributed by atoms with Crippen LogP contribution in [0.15, 0.2) is 0 Å². The SMILES string of the molecule is CO[C@@H]1CCNC[C@H]1N(C(=O)O)C(C)(C)C. The fraction of sp³-hybridized carbons (Fsp3) is 0.909. The van der Waals surface area contributed by atoms with Gasteiger partial charge in [0, 0.05) is 19.2 Å². The van der Waals surface area contributed by atoms with Gasteiger partial charge in [-0.15, -0.1) is 0 Å². The molecule has 94 valence electrons. The molecular weight excluding hydrogens is 208 g/mol. The molecular formula is C11H22N2O3. The fourth-order valence-corrected chi connectivity index (χ4v) is 2.28. The molecule has 1 aliphatic rings. The van der Waals surface area contributed by atoms with Gasteiger partial charge in [0.05, 0.1) is 12.1 Å². The van der Waals surface area contributed by atoms with Crippen LogP contribution in [0.25, 0.3) is 0 Å². The standard InChI is InChI=1S/C11H22N2O3/c1-11(2,3)13(10(14)15)8-7-12-6-5-9(8)16-4/h8-9,12H,5-7H2,1-4H3,(H,14,15)/t8-,9-/m1/s1. The van der Waals surface area contributed by atoms with Gasteiger partial charge >= 0.3 is 6.09 Å². The van der Waals surface area contributed by atoms with E-state index in [1.165, 1.54) is 4.90 Å². The highest BCUT2D eigenvalue weighted by molar-refractivity contribution is 5.66. The molecule has 1 amide bonds. The van der Waals surface area contributed by atoms with Crippen LogP contribution in [0.4, 0.5) is 4.79 Å². The third kappa shape index (κ3) is 2.86. The number of carboxylic acid groups (broad SMARTS) is 1. The molecule has 1 aliphatic heterocycles. The van der Waals surface area contributed by atoms with E-state index in [4.69, 9.17) is 4.74 Å². The van der Waals surface area contributed by atoms with E-state index in [-0.39, 0.29) is 12.1 Å². The number of methoxy groups -OCH3 is 1. The molecule has 0 aromatic carbocycles. The van der Waals surface area contributed by atoms with Gasteiger partial charge in [0.15, 0.2) is 0 Å². The molecule has 1 heterocycles. The number of ether oxygens (including phenoxy) is 1. The Kier molecular flexibility index (Phi) is 4.15. The van der Waals surface area contributed by atoms with E-state index in [0.717, 1.165) is 13.0 Å². The number of piperidine rings is 1. The first-order valence-electron chi connectivity index (χ1n) is 5.63. The molecule has 0 aromatic heterocycles. The molecule has 5 nitrogen and oxygen atoms in total. The minimum atomic E-state index is -0.886. The zero-order valence-corrected chi connectivity index (χ0v) is 10.5. The first-order chi connectivity index (χ1) is 7.38. The molecule has 0 unspecified atom stereocenters. The number of amides is 1. The average Bonchev–Trinajstić information content (AvgIpc) is 2.15. The summed E-state index contributed by atoms with van der Waals surface area (Å²) in [7, 11) is 1.64. The maximum absolute atomic E-state index is 11.3. The topological polar surface area (TPSA) is 61.8 Å². The maximum atomic E-state index is 11.3. The minimum absolute atomic E-state index is 0.0171. The Morgan fingerprint density at radius 1 is 1.50 bits per heavy atom. The van der Waals surface area contributed by atoms with Crippen LogP contribution in [0.5, 0.6) is 0 Å². The van der Waals surface area contributed by atoms with Crippen molar-refractivity contribution in [3.63, 3.8) is 0 Å². The average molecular weight is 230 g/mol. The van der Waals surface area contributed by atoms with Gasteiger partial charge in [0.2, 0.25) is 0 Å². The lowest BCUT2D eigenvalue weighted by atomic mass is 9.96. The predicted octanol–water partition coefficient (Wildman–Crippen LogP) is 1.14. The van der Waals surface area contributed by atoms with E-state index < -0.39 is 11.6 Å². The van der Waals surface area contributed by atoms with Gasteiger partial charge < -0.3 is 15.2 Å². The Hall–Kier alpha value is -0.810. The van der Waals surface area contributed by atoms with Crippen LogP contribution in [0.2, 0.25) is 0 Å². The summed E-state index contributed by atoms with van der Waals surface area (Å²) in [6.45, 7) is 7.25. The van der Waals surface area contributed by atoms with E-state index in [2.05, 4.69) is 5.32 Å². The fourth-order valence-electron chi connectivity index (χ4n) is 2.28. The molecule has 0 spiro atoms. The molecule has 0 aromatic rings. The maximum Gasteiger partial charge on any atom is 0.408 e. The Morgan fingerprint density at radius 3 is 2.56 bits per heavy atom. The second-order valence-corrected chi connectivity index (χ2v) is 5.16. The lowest BCUT2D eigenvalue weighted by molar-refractivity contribution is -0.0268. The number of hydrogen-bond acceptors (Lipinski definition) is 3. The summed E-state index contributed by atoms with van der Waals surface area (Å²) in [6, 6.07) is -0.115. The summed E-state index contributed by atoms with van der Waals surface area (Å²) in [6.07, 6.45) is -0.0547. The van der Waals surface area contributed by atoms with Gasteiger partial charge in [-0.25, -0.2) is 4.79 Å². The van der Waals surface area contributed by atoms with Crippen LogP contribution in [-0.4, -0.2) is 54.0 Å². The van der Waals surface area contributed by atoms with Crippen molar-refractivity contribution in [2.24, 2.45) is 0 Å². The van der Waals surface area contributed by atoms with Crippen LogP contribution < -0.4 is 5.32 Å². The highest BCUT2D eigenvalue weighted by Crippen LogP contribution is 2.23. The summed E-state index contributed by atoms with van der Waals surface area (Å²) >= 11 is 0. The van der Waals surface area contributed by atoms with E-state index in [1.54, 1.807) is 7.11 Å². The number of nitrogens with zero attached hydrogens (tertiary/aromatic N) is 1. The third-order valence-electron chi connectivity index (χ3n) is 2.95. The van der Waals surface area contributed by atoms with Crippen molar-refractivity contribution in [3.8, 4) is 0 Å². The van der Waals surface area contributed by atoms with E-state index in [1.807, 2.05) is 20.8 Å². The van der Waals surface area contributed by atoms with Gasteiger partial charge in [0.25, 0.3) is 0 Å². The van der Waals surface area contributed by atoms with E-state index >= 15 is 0 Å². The van der Waals surface area contributed by atoms with Crippen molar-refractivity contribution in [1.82, 2.24) is 10.2 Å². The summed E-state index contributed by atoms with van der Waals surface area (Å²) in [5.41, 5.74) is -0.410. The zero-order chi connectivity index (χ0) is 12.3. The molecule has 0 aliphatic carbocycles. The molecule has 2 N–H and O–H groups in total. The van der Waals surface area contributed by atoms with E-state index in [9.17, 15) is 9.90 Å². The lowest BCUT2D eigenvalue weighted by Crippen LogP contribution is -2.61. The highest BCUT2D eigenvalue weighted by Gasteiger charge is 2.38. The highest BCUT2D eigenvalue weighted by atomic mass is 16.5. The summed E-state index contributed by atoms with van der Waals surface area (Å²) in [5.74, 6) is 0. The van der Waals surface area contributed by atoms with Crippen LogP contribution >= 0.6 is 0 Å². The van der Waals surface area contributed by atoms with E-state index in [0.29, 0.717) is 6.54 Å². The summed E-state index contributed by atoms with van der Waals surface area (Å²) < 4.78 is 5.39. The second kappa shape index (κ2) is 5.01. The molecule has 16 heavy (non-hydrogen) atoms. The monoisotopic (exact) mass is 230 g/mol. The first kappa shape index (κ1) is 13.3. The van der Waals surface area contributed by atoms with Crippen molar-refractivity contribution in [2.75, 3.05) is 20.2 Å². The number of carbonyl (C=O) groups is 1. The van der Waals surface area contributed by atoms with Crippen molar-refractivity contribution in [3.05, 3.63) is 0 Å². The molecule has 2 atom stereocenters. The number of rotatable bonds is 2. The Bertz CT molecular complexity index is 250. The van der Waals surface area contributed by atoms with Gasteiger partial charge in [-0.1, -0.05) is 0 Å². The van der Waals surface area contributed by atoms with Crippen molar-refractivity contribution >= 4 is 6.09 Å². The van der Waals surface area contributed by atoms with Crippen LogP contribution in [-0.2, 0) is 4.74 Å². The van der Waals surface area contributed by atoms with Crippen molar-refractivity contribution in [2.45, 2.75) is 44.9 Å². The molecule has 0 radical (unpaired) electrons. The minimum Gasteiger partial charge on any atom is -0.465 e. The Balaban J connectivity index is 2.87.